The topological polar surface area (TPSA) is 88.0 Å². The second kappa shape index (κ2) is 4.09. The van der Waals surface area contributed by atoms with Crippen LogP contribution in [-0.2, 0) is 0 Å². The Bertz CT molecular complexity index is 461. The molecule has 5 nitrogen and oxygen atoms in total. The highest BCUT2D eigenvalue weighted by Crippen LogP contribution is 2.17. The SMILES string of the molecule is Cc1ccc(C(=O)NC2CC(N)C2)c(=O)[nH]1. The van der Waals surface area contributed by atoms with E-state index in [4.69, 9.17) is 5.73 Å². The van der Waals surface area contributed by atoms with Crippen LogP contribution in [0, 0.1) is 6.92 Å². The van der Waals surface area contributed by atoms with E-state index in [1.54, 1.807) is 19.1 Å². The average Bonchev–Trinajstić information content (AvgIpc) is 2.15. The second-order valence-corrected chi connectivity index (χ2v) is 4.29. The van der Waals surface area contributed by atoms with Gasteiger partial charge < -0.3 is 16.0 Å². The lowest BCUT2D eigenvalue weighted by molar-refractivity contribution is 0.0908. The predicted octanol–water partition coefficient (Wildman–Crippen LogP) is -0.0972. The van der Waals surface area contributed by atoms with Crippen LogP contribution >= 0.6 is 0 Å². The summed E-state index contributed by atoms with van der Waals surface area (Å²) in [4.78, 5) is 25.8. The Morgan fingerprint density at radius 2 is 2.19 bits per heavy atom. The van der Waals surface area contributed by atoms with Crippen molar-refractivity contribution in [1.29, 1.82) is 0 Å². The third-order valence-corrected chi connectivity index (χ3v) is 2.81. The zero-order valence-corrected chi connectivity index (χ0v) is 9.12. The Kier molecular flexibility index (Phi) is 2.78. The molecular formula is C11H15N3O2. The van der Waals surface area contributed by atoms with Gasteiger partial charge in [0.05, 0.1) is 0 Å². The van der Waals surface area contributed by atoms with E-state index in [9.17, 15) is 9.59 Å². The molecule has 1 aromatic rings. The largest absolute Gasteiger partial charge is 0.349 e. The highest BCUT2D eigenvalue weighted by Gasteiger charge is 2.27. The first kappa shape index (κ1) is 10.9. The van der Waals surface area contributed by atoms with Crippen molar-refractivity contribution < 1.29 is 4.79 Å². The van der Waals surface area contributed by atoms with Crippen LogP contribution in [-0.4, -0.2) is 23.0 Å². The molecule has 2 rings (SSSR count). The van der Waals surface area contributed by atoms with Crippen molar-refractivity contribution >= 4 is 5.91 Å². The van der Waals surface area contributed by atoms with Gasteiger partial charge in [0.2, 0.25) is 0 Å². The number of aromatic amines is 1. The van der Waals surface area contributed by atoms with E-state index in [-0.39, 0.29) is 29.1 Å². The number of carbonyl (C=O) groups is 1. The molecule has 0 saturated heterocycles. The van der Waals surface area contributed by atoms with Gasteiger partial charge in [-0.05, 0) is 31.9 Å². The molecule has 86 valence electrons. The van der Waals surface area contributed by atoms with Gasteiger partial charge in [0.1, 0.15) is 5.56 Å². The van der Waals surface area contributed by atoms with E-state index >= 15 is 0 Å². The molecule has 1 heterocycles. The molecule has 1 amide bonds. The number of nitrogens with one attached hydrogen (secondary N) is 2. The van der Waals surface area contributed by atoms with Crippen molar-refractivity contribution in [2.24, 2.45) is 5.73 Å². The van der Waals surface area contributed by atoms with Crippen molar-refractivity contribution in [3.05, 3.63) is 33.7 Å². The van der Waals surface area contributed by atoms with Gasteiger partial charge in [0, 0.05) is 17.8 Å². The Morgan fingerprint density at radius 3 is 2.75 bits per heavy atom. The fraction of sp³-hybridized carbons (Fsp3) is 0.455. The smallest absolute Gasteiger partial charge is 0.260 e. The molecule has 0 radical (unpaired) electrons. The number of nitrogens with two attached hydrogens (primary N) is 1. The summed E-state index contributed by atoms with van der Waals surface area (Å²) in [6.07, 6.45) is 1.57. The lowest BCUT2D eigenvalue weighted by Crippen LogP contribution is -2.51. The van der Waals surface area contributed by atoms with Crippen molar-refractivity contribution in [3.8, 4) is 0 Å². The molecule has 0 aromatic carbocycles. The van der Waals surface area contributed by atoms with E-state index in [1.807, 2.05) is 0 Å². The molecule has 0 atom stereocenters. The molecule has 1 aliphatic carbocycles. The fourth-order valence-corrected chi connectivity index (χ4v) is 1.79. The third-order valence-electron chi connectivity index (χ3n) is 2.81. The predicted molar refractivity (Wildman–Crippen MR) is 60.3 cm³/mol. The number of carbonyl (C=O) groups excluding carboxylic acids is 1. The number of amides is 1. The summed E-state index contributed by atoms with van der Waals surface area (Å²) >= 11 is 0. The summed E-state index contributed by atoms with van der Waals surface area (Å²) in [5, 5.41) is 2.78. The number of hydrogen-bond acceptors (Lipinski definition) is 3. The number of aromatic nitrogens is 1. The maximum atomic E-state index is 11.7. The number of hydrogen-bond donors (Lipinski definition) is 3. The van der Waals surface area contributed by atoms with Gasteiger partial charge in [-0.3, -0.25) is 9.59 Å². The molecule has 0 spiro atoms. The zero-order valence-electron chi connectivity index (χ0n) is 9.12. The standard InChI is InChI=1S/C11H15N3O2/c1-6-2-3-9(10(15)13-6)11(16)14-8-4-7(12)5-8/h2-3,7-8H,4-5,12H2,1H3,(H,13,15)(H,14,16). The van der Waals surface area contributed by atoms with Gasteiger partial charge in [-0.2, -0.15) is 0 Å². The van der Waals surface area contributed by atoms with Gasteiger partial charge in [-0.25, -0.2) is 0 Å². The van der Waals surface area contributed by atoms with Crippen molar-refractivity contribution in [1.82, 2.24) is 10.3 Å². The fourth-order valence-electron chi connectivity index (χ4n) is 1.79. The molecule has 4 N–H and O–H groups in total. The first-order valence-electron chi connectivity index (χ1n) is 5.32. The minimum absolute atomic E-state index is 0.114. The van der Waals surface area contributed by atoms with E-state index < -0.39 is 0 Å². The summed E-state index contributed by atoms with van der Waals surface area (Å²) in [5.74, 6) is -0.321. The summed E-state index contributed by atoms with van der Waals surface area (Å²) in [6, 6.07) is 3.55. The quantitative estimate of drug-likeness (QED) is 0.651. The Hall–Kier alpha value is -1.62. The highest BCUT2D eigenvalue weighted by atomic mass is 16.2. The molecule has 0 aliphatic heterocycles. The molecule has 0 unspecified atom stereocenters. The molecule has 0 bridgehead atoms. The third kappa shape index (κ3) is 2.14. The minimum Gasteiger partial charge on any atom is -0.349 e. The van der Waals surface area contributed by atoms with Crippen molar-refractivity contribution in [2.75, 3.05) is 0 Å². The van der Waals surface area contributed by atoms with Crippen molar-refractivity contribution in [2.45, 2.75) is 31.8 Å². The Balaban J connectivity index is 2.06. The van der Waals surface area contributed by atoms with Gasteiger partial charge in [-0.15, -0.1) is 0 Å². The molecule has 1 aliphatic rings. The Labute approximate surface area is 93.0 Å². The van der Waals surface area contributed by atoms with Crippen LogP contribution in [0.25, 0.3) is 0 Å². The van der Waals surface area contributed by atoms with Crippen LogP contribution in [0.4, 0.5) is 0 Å². The summed E-state index contributed by atoms with van der Waals surface area (Å²) in [5.41, 5.74) is 6.17. The minimum atomic E-state index is -0.346. The average molecular weight is 221 g/mol. The summed E-state index contributed by atoms with van der Waals surface area (Å²) < 4.78 is 0. The molecule has 1 fully saturated rings. The van der Waals surface area contributed by atoms with Gasteiger partial charge in [-0.1, -0.05) is 0 Å². The van der Waals surface area contributed by atoms with Crippen molar-refractivity contribution in [3.63, 3.8) is 0 Å². The summed E-state index contributed by atoms with van der Waals surface area (Å²) in [6.45, 7) is 1.77. The van der Waals surface area contributed by atoms with E-state index in [0.717, 1.165) is 18.5 Å². The lowest BCUT2D eigenvalue weighted by atomic mass is 9.87. The van der Waals surface area contributed by atoms with E-state index in [2.05, 4.69) is 10.3 Å². The monoisotopic (exact) mass is 221 g/mol. The number of rotatable bonds is 2. The lowest BCUT2D eigenvalue weighted by Gasteiger charge is -2.32. The summed E-state index contributed by atoms with van der Waals surface area (Å²) in [7, 11) is 0. The molecule has 1 saturated carbocycles. The number of aryl methyl sites for hydroxylation is 1. The van der Waals surface area contributed by atoms with E-state index in [0.29, 0.717) is 0 Å². The Morgan fingerprint density at radius 1 is 1.50 bits per heavy atom. The first-order chi connectivity index (χ1) is 7.56. The highest BCUT2D eigenvalue weighted by molar-refractivity contribution is 5.94. The molecule has 5 heteroatoms. The van der Waals surface area contributed by atoms with Crippen LogP contribution in [0.1, 0.15) is 28.9 Å². The van der Waals surface area contributed by atoms with Crippen LogP contribution in [0.2, 0.25) is 0 Å². The van der Waals surface area contributed by atoms with Crippen LogP contribution < -0.4 is 16.6 Å². The molecular weight excluding hydrogens is 206 g/mol. The maximum Gasteiger partial charge on any atom is 0.260 e. The first-order valence-corrected chi connectivity index (χ1v) is 5.32. The second-order valence-electron chi connectivity index (χ2n) is 4.29. The van der Waals surface area contributed by atoms with Gasteiger partial charge >= 0.3 is 0 Å². The number of pyridine rings is 1. The number of H-pyrrole nitrogens is 1. The zero-order chi connectivity index (χ0) is 11.7. The van der Waals surface area contributed by atoms with Gasteiger partial charge in [0.25, 0.3) is 11.5 Å². The molecule has 1 aromatic heterocycles. The van der Waals surface area contributed by atoms with Crippen LogP contribution in [0.5, 0.6) is 0 Å². The normalized spacial score (nSPS) is 23.6. The van der Waals surface area contributed by atoms with E-state index in [1.165, 1.54) is 0 Å². The van der Waals surface area contributed by atoms with Crippen LogP contribution in [0.15, 0.2) is 16.9 Å². The maximum absolute atomic E-state index is 11.7. The van der Waals surface area contributed by atoms with Gasteiger partial charge in [0.15, 0.2) is 0 Å². The van der Waals surface area contributed by atoms with Crippen LogP contribution in [0.3, 0.4) is 0 Å². The molecule has 16 heavy (non-hydrogen) atoms.